The average molecular weight is 170 g/mol. The normalized spacial score (nSPS) is 27.5. The second-order valence-corrected chi connectivity index (χ2v) is 5.15. The zero-order chi connectivity index (χ0) is 9.19. The molecule has 2 nitrogen and oxygen atoms in total. The molecule has 0 radical (unpaired) electrons. The minimum Gasteiger partial charge on any atom is -0.312 e. The lowest BCUT2D eigenvalue weighted by Gasteiger charge is -2.36. The standard InChI is InChI=1S/C10H22N2/c1-9-7-12(6-5-11-9)8-10(2,3)4/h9,11H,5-8H2,1-4H3/t9-/m0/s1. The maximum atomic E-state index is 3.46. The Morgan fingerprint density at radius 1 is 1.42 bits per heavy atom. The summed E-state index contributed by atoms with van der Waals surface area (Å²) in [5.74, 6) is 0. The molecular formula is C10H22N2. The summed E-state index contributed by atoms with van der Waals surface area (Å²) >= 11 is 0. The van der Waals surface area contributed by atoms with Gasteiger partial charge < -0.3 is 10.2 Å². The van der Waals surface area contributed by atoms with E-state index in [1.165, 1.54) is 19.6 Å². The van der Waals surface area contributed by atoms with E-state index in [9.17, 15) is 0 Å². The molecule has 0 aromatic rings. The molecule has 0 amide bonds. The van der Waals surface area contributed by atoms with Crippen LogP contribution in [0.3, 0.4) is 0 Å². The number of rotatable bonds is 1. The van der Waals surface area contributed by atoms with Gasteiger partial charge in [0.1, 0.15) is 0 Å². The van der Waals surface area contributed by atoms with Crippen molar-refractivity contribution in [3.8, 4) is 0 Å². The van der Waals surface area contributed by atoms with Gasteiger partial charge in [0.2, 0.25) is 0 Å². The number of hydrogen-bond donors (Lipinski definition) is 1. The Hall–Kier alpha value is -0.0800. The zero-order valence-corrected chi connectivity index (χ0v) is 8.85. The maximum absolute atomic E-state index is 3.46. The first kappa shape index (κ1) is 10.0. The largest absolute Gasteiger partial charge is 0.312 e. The predicted octanol–water partition coefficient (Wildman–Crippen LogP) is 1.33. The Morgan fingerprint density at radius 3 is 2.58 bits per heavy atom. The highest BCUT2D eigenvalue weighted by atomic mass is 15.2. The van der Waals surface area contributed by atoms with Crippen LogP contribution in [0.4, 0.5) is 0 Å². The number of nitrogens with one attached hydrogen (secondary N) is 1. The van der Waals surface area contributed by atoms with Crippen molar-refractivity contribution in [1.29, 1.82) is 0 Å². The van der Waals surface area contributed by atoms with Crippen LogP contribution in [0.15, 0.2) is 0 Å². The van der Waals surface area contributed by atoms with Gasteiger partial charge in [-0.05, 0) is 12.3 Å². The summed E-state index contributed by atoms with van der Waals surface area (Å²) in [6.45, 7) is 14.0. The molecule has 72 valence electrons. The molecule has 1 atom stereocenters. The minimum atomic E-state index is 0.442. The SMILES string of the molecule is C[C@H]1CN(CC(C)(C)C)CCN1. The van der Waals surface area contributed by atoms with Gasteiger partial charge in [0.25, 0.3) is 0 Å². The summed E-state index contributed by atoms with van der Waals surface area (Å²) in [7, 11) is 0. The average Bonchev–Trinajstić information content (AvgIpc) is 1.82. The molecule has 12 heavy (non-hydrogen) atoms. The van der Waals surface area contributed by atoms with Gasteiger partial charge in [-0.25, -0.2) is 0 Å². The molecule has 0 spiro atoms. The van der Waals surface area contributed by atoms with E-state index in [0.717, 1.165) is 6.54 Å². The van der Waals surface area contributed by atoms with Gasteiger partial charge in [-0.1, -0.05) is 20.8 Å². The predicted molar refractivity (Wildman–Crippen MR) is 53.4 cm³/mol. The Balaban J connectivity index is 2.32. The van der Waals surface area contributed by atoms with Gasteiger partial charge in [-0.2, -0.15) is 0 Å². The number of hydrogen-bond acceptors (Lipinski definition) is 2. The second-order valence-electron chi connectivity index (χ2n) is 5.15. The van der Waals surface area contributed by atoms with Crippen molar-refractivity contribution in [3.05, 3.63) is 0 Å². The molecule has 0 aliphatic carbocycles. The van der Waals surface area contributed by atoms with Crippen LogP contribution in [0.2, 0.25) is 0 Å². The molecule has 1 fully saturated rings. The first-order chi connectivity index (χ1) is 5.47. The smallest absolute Gasteiger partial charge is 0.0167 e. The van der Waals surface area contributed by atoms with Gasteiger partial charge in [-0.3, -0.25) is 0 Å². The fourth-order valence-electron chi connectivity index (χ4n) is 1.83. The summed E-state index contributed by atoms with van der Waals surface area (Å²) in [4.78, 5) is 2.56. The quantitative estimate of drug-likeness (QED) is 0.638. The summed E-state index contributed by atoms with van der Waals surface area (Å²) in [6, 6.07) is 0.668. The van der Waals surface area contributed by atoms with Crippen molar-refractivity contribution in [2.75, 3.05) is 26.2 Å². The van der Waals surface area contributed by atoms with Gasteiger partial charge in [0.15, 0.2) is 0 Å². The van der Waals surface area contributed by atoms with Crippen LogP contribution in [-0.2, 0) is 0 Å². The number of piperazine rings is 1. The maximum Gasteiger partial charge on any atom is 0.0167 e. The zero-order valence-electron chi connectivity index (χ0n) is 8.85. The molecule has 0 bridgehead atoms. The third kappa shape index (κ3) is 3.55. The van der Waals surface area contributed by atoms with E-state index in [4.69, 9.17) is 0 Å². The van der Waals surface area contributed by atoms with Crippen LogP contribution in [0.25, 0.3) is 0 Å². The van der Waals surface area contributed by atoms with E-state index in [0.29, 0.717) is 11.5 Å². The van der Waals surface area contributed by atoms with E-state index >= 15 is 0 Å². The van der Waals surface area contributed by atoms with Gasteiger partial charge in [0.05, 0.1) is 0 Å². The molecule has 0 aromatic heterocycles. The highest BCUT2D eigenvalue weighted by Gasteiger charge is 2.20. The molecule has 0 aromatic carbocycles. The van der Waals surface area contributed by atoms with Crippen molar-refractivity contribution in [2.24, 2.45) is 5.41 Å². The lowest BCUT2D eigenvalue weighted by Crippen LogP contribution is -2.51. The Labute approximate surface area is 76.3 Å². The molecule has 1 rings (SSSR count). The molecular weight excluding hydrogens is 148 g/mol. The van der Waals surface area contributed by atoms with Crippen LogP contribution in [0, 0.1) is 5.41 Å². The first-order valence-electron chi connectivity index (χ1n) is 4.93. The van der Waals surface area contributed by atoms with Crippen molar-refractivity contribution < 1.29 is 0 Å². The summed E-state index contributed by atoms with van der Waals surface area (Å²) in [5, 5.41) is 3.46. The summed E-state index contributed by atoms with van der Waals surface area (Å²) < 4.78 is 0. The lowest BCUT2D eigenvalue weighted by molar-refractivity contribution is 0.151. The topological polar surface area (TPSA) is 15.3 Å². The van der Waals surface area contributed by atoms with E-state index in [1.54, 1.807) is 0 Å². The van der Waals surface area contributed by atoms with Gasteiger partial charge in [-0.15, -0.1) is 0 Å². The molecule has 1 aliphatic heterocycles. The van der Waals surface area contributed by atoms with Crippen LogP contribution in [0.1, 0.15) is 27.7 Å². The van der Waals surface area contributed by atoms with Crippen molar-refractivity contribution in [1.82, 2.24) is 10.2 Å². The third-order valence-corrected chi connectivity index (χ3v) is 2.15. The Morgan fingerprint density at radius 2 is 2.08 bits per heavy atom. The summed E-state index contributed by atoms with van der Waals surface area (Å²) in [5.41, 5.74) is 0.442. The second kappa shape index (κ2) is 3.75. The van der Waals surface area contributed by atoms with E-state index in [-0.39, 0.29) is 0 Å². The van der Waals surface area contributed by atoms with Crippen LogP contribution >= 0.6 is 0 Å². The van der Waals surface area contributed by atoms with E-state index < -0.39 is 0 Å². The van der Waals surface area contributed by atoms with Crippen LogP contribution < -0.4 is 5.32 Å². The molecule has 1 saturated heterocycles. The fourth-order valence-corrected chi connectivity index (χ4v) is 1.83. The molecule has 1 N–H and O–H groups in total. The van der Waals surface area contributed by atoms with Crippen LogP contribution in [0.5, 0.6) is 0 Å². The third-order valence-electron chi connectivity index (χ3n) is 2.15. The molecule has 1 aliphatic rings. The lowest BCUT2D eigenvalue weighted by atomic mass is 9.95. The number of nitrogens with zero attached hydrogens (tertiary/aromatic N) is 1. The van der Waals surface area contributed by atoms with Gasteiger partial charge >= 0.3 is 0 Å². The van der Waals surface area contributed by atoms with Crippen molar-refractivity contribution in [2.45, 2.75) is 33.7 Å². The van der Waals surface area contributed by atoms with Gasteiger partial charge in [0, 0.05) is 32.2 Å². The monoisotopic (exact) mass is 170 g/mol. The van der Waals surface area contributed by atoms with Crippen LogP contribution in [-0.4, -0.2) is 37.1 Å². The van der Waals surface area contributed by atoms with E-state index in [1.807, 2.05) is 0 Å². The highest BCUT2D eigenvalue weighted by molar-refractivity contribution is 4.78. The minimum absolute atomic E-state index is 0.442. The van der Waals surface area contributed by atoms with Crippen molar-refractivity contribution >= 4 is 0 Å². The van der Waals surface area contributed by atoms with Crippen molar-refractivity contribution in [3.63, 3.8) is 0 Å². The summed E-state index contributed by atoms with van der Waals surface area (Å²) in [6.07, 6.45) is 0. The highest BCUT2D eigenvalue weighted by Crippen LogP contribution is 2.15. The first-order valence-corrected chi connectivity index (χ1v) is 4.93. The van der Waals surface area contributed by atoms with E-state index in [2.05, 4.69) is 37.9 Å². The Kier molecular flexibility index (Phi) is 3.13. The Bertz CT molecular complexity index is 137. The fraction of sp³-hybridized carbons (Fsp3) is 1.00. The molecule has 0 unspecified atom stereocenters. The molecule has 0 saturated carbocycles. The molecule has 1 heterocycles. The molecule has 2 heteroatoms.